The zero-order valence-electron chi connectivity index (χ0n) is 14.4. The van der Waals surface area contributed by atoms with E-state index in [1.54, 1.807) is 13.0 Å². The summed E-state index contributed by atoms with van der Waals surface area (Å²) in [5, 5.41) is 15.4. The van der Waals surface area contributed by atoms with Crippen molar-refractivity contribution < 1.29 is 14.1 Å². The fraction of sp³-hybridized carbons (Fsp3) is 0.222. The Morgan fingerprint density at radius 1 is 1.19 bits per heavy atom. The van der Waals surface area contributed by atoms with Crippen molar-refractivity contribution in [1.29, 1.82) is 0 Å². The predicted molar refractivity (Wildman–Crippen MR) is 99.2 cm³/mol. The molecule has 26 heavy (non-hydrogen) atoms. The summed E-state index contributed by atoms with van der Waals surface area (Å²) in [6, 6.07) is 13.1. The van der Waals surface area contributed by atoms with E-state index in [0.29, 0.717) is 23.2 Å². The van der Waals surface area contributed by atoms with Crippen LogP contribution in [-0.4, -0.2) is 33.6 Å². The molecule has 0 fully saturated rings. The maximum Gasteiger partial charge on any atom is 0.236 e. The number of ether oxygens (including phenoxy) is 1. The molecule has 2 aromatic heterocycles. The molecule has 0 atom stereocenters. The zero-order valence-corrected chi connectivity index (χ0v) is 15.2. The average Bonchev–Trinajstić information content (AvgIpc) is 3.06. The number of amides is 1. The van der Waals surface area contributed by atoms with Crippen LogP contribution in [0.2, 0.25) is 0 Å². The minimum atomic E-state index is -0.180. The van der Waals surface area contributed by atoms with Gasteiger partial charge in [-0.2, -0.15) is 0 Å². The van der Waals surface area contributed by atoms with Crippen molar-refractivity contribution in [3.63, 3.8) is 0 Å². The van der Waals surface area contributed by atoms with E-state index < -0.39 is 0 Å². The molecular formula is C18H18N4O3S. The second kappa shape index (κ2) is 8.48. The lowest BCUT2D eigenvalue weighted by molar-refractivity contribution is -0.113. The van der Waals surface area contributed by atoms with E-state index >= 15 is 0 Å². The number of hydrogen-bond acceptors (Lipinski definition) is 7. The van der Waals surface area contributed by atoms with E-state index in [1.807, 2.05) is 43.3 Å². The quantitative estimate of drug-likeness (QED) is 0.636. The van der Waals surface area contributed by atoms with Crippen LogP contribution >= 0.6 is 11.8 Å². The highest BCUT2D eigenvalue weighted by molar-refractivity contribution is 7.99. The number of nitrogens with one attached hydrogen (secondary N) is 1. The Labute approximate surface area is 155 Å². The van der Waals surface area contributed by atoms with Gasteiger partial charge in [-0.1, -0.05) is 16.9 Å². The maximum absolute atomic E-state index is 11.9. The van der Waals surface area contributed by atoms with Crippen molar-refractivity contribution in [2.45, 2.75) is 18.9 Å². The van der Waals surface area contributed by atoms with Crippen molar-refractivity contribution in [2.75, 3.05) is 17.7 Å². The Bertz CT molecular complexity index is 863. The van der Waals surface area contributed by atoms with Gasteiger partial charge < -0.3 is 14.6 Å². The first kappa shape index (κ1) is 17.9. The average molecular weight is 370 g/mol. The van der Waals surface area contributed by atoms with Gasteiger partial charge in [0.2, 0.25) is 5.91 Å². The molecule has 0 spiro atoms. The summed E-state index contributed by atoms with van der Waals surface area (Å²) in [5.74, 6) is 1.90. The summed E-state index contributed by atoms with van der Waals surface area (Å²) in [6.07, 6.45) is 0. The molecule has 3 aromatic rings. The number of carbonyl (C=O) groups is 1. The summed E-state index contributed by atoms with van der Waals surface area (Å²) < 4.78 is 10.3. The van der Waals surface area contributed by atoms with Crippen molar-refractivity contribution in [3.8, 4) is 17.0 Å². The van der Waals surface area contributed by atoms with Crippen LogP contribution in [0.4, 0.5) is 5.82 Å². The van der Waals surface area contributed by atoms with E-state index in [2.05, 4.69) is 20.7 Å². The number of carbonyl (C=O) groups excluding carboxylic acids is 1. The first-order valence-corrected chi connectivity index (χ1v) is 9.05. The van der Waals surface area contributed by atoms with Crippen LogP contribution in [0.25, 0.3) is 11.3 Å². The molecule has 2 heterocycles. The van der Waals surface area contributed by atoms with Crippen LogP contribution in [0, 0.1) is 6.92 Å². The molecule has 0 unspecified atom stereocenters. The molecule has 0 aliphatic rings. The third kappa shape index (κ3) is 4.82. The number of thioether (sulfide) groups is 1. The van der Waals surface area contributed by atoms with Gasteiger partial charge in [0, 0.05) is 11.6 Å². The van der Waals surface area contributed by atoms with Gasteiger partial charge in [-0.25, -0.2) is 0 Å². The molecular weight excluding hydrogens is 352 g/mol. The van der Waals surface area contributed by atoms with Crippen molar-refractivity contribution >= 4 is 23.5 Å². The Kier molecular flexibility index (Phi) is 5.85. The summed E-state index contributed by atoms with van der Waals surface area (Å²) in [5.41, 5.74) is 1.72. The third-order valence-corrected chi connectivity index (χ3v) is 4.27. The Morgan fingerprint density at radius 2 is 2.00 bits per heavy atom. The van der Waals surface area contributed by atoms with Gasteiger partial charge in [-0.05, 0) is 50.2 Å². The highest BCUT2D eigenvalue weighted by Crippen LogP contribution is 2.22. The van der Waals surface area contributed by atoms with E-state index in [4.69, 9.17) is 9.26 Å². The number of nitrogens with zero attached hydrogens (tertiary/aromatic N) is 3. The number of aromatic nitrogens is 3. The second-order valence-electron chi connectivity index (χ2n) is 5.37. The van der Waals surface area contributed by atoms with E-state index in [1.165, 1.54) is 11.8 Å². The molecule has 134 valence electrons. The van der Waals surface area contributed by atoms with Gasteiger partial charge >= 0.3 is 0 Å². The van der Waals surface area contributed by atoms with Crippen LogP contribution in [0.15, 0.2) is 52.0 Å². The standard InChI is InChI=1S/C18H18N4O3S/c1-3-24-14-6-4-13(5-7-14)15-8-9-18(21-20-15)26-11-17(23)19-16-10-12(2)25-22-16/h4-10H,3,11H2,1-2H3,(H,19,22,23). The summed E-state index contributed by atoms with van der Waals surface area (Å²) in [4.78, 5) is 11.9. The van der Waals surface area contributed by atoms with Crippen LogP contribution in [0.1, 0.15) is 12.7 Å². The first-order chi connectivity index (χ1) is 12.6. The molecule has 3 rings (SSSR count). The van der Waals surface area contributed by atoms with Crippen LogP contribution in [0.5, 0.6) is 5.75 Å². The van der Waals surface area contributed by atoms with Gasteiger partial charge in [0.25, 0.3) is 0 Å². The largest absolute Gasteiger partial charge is 0.494 e. The van der Waals surface area contributed by atoms with Crippen LogP contribution < -0.4 is 10.1 Å². The van der Waals surface area contributed by atoms with E-state index in [0.717, 1.165) is 17.0 Å². The van der Waals surface area contributed by atoms with Crippen molar-refractivity contribution in [1.82, 2.24) is 15.4 Å². The number of anilines is 1. The fourth-order valence-corrected chi connectivity index (χ4v) is 2.80. The molecule has 0 aliphatic heterocycles. The van der Waals surface area contributed by atoms with Gasteiger partial charge in [0.05, 0.1) is 18.1 Å². The lowest BCUT2D eigenvalue weighted by Crippen LogP contribution is -2.14. The Balaban J connectivity index is 1.54. The zero-order chi connectivity index (χ0) is 18.4. The predicted octanol–water partition coefficient (Wildman–Crippen LogP) is 3.57. The highest BCUT2D eigenvalue weighted by atomic mass is 32.2. The lowest BCUT2D eigenvalue weighted by atomic mass is 10.1. The molecule has 8 heteroatoms. The first-order valence-electron chi connectivity index (χ1n) is 8.07. The molecule has 1 N–H and O–H groups in total. The van der Waals surface area contributed by atoms with Crippen LogP contribution in [-0.2, 0) is 4.79 Å². The molecule has 0 saturated heterocycles. The van der Waals surface area contributed by atoms with E-state index in [-0.39, 0.29) is 11.7 Å². The molecule has 1 amide bonds. The Hall–Kier alpha value is -2.87. The maximum atomic E-state index is 11.9. The number of benzene rings is 1. The van der Waals surface area contributed by atoms with Gasteiger partial charge in [0.15, 0.2) is 5.82 Å². The molecule has 1 aromatic carbocycles. The monoisotopic (exact) mass is 370 g/mol. The summed E-state index contributed by atoms with van der Waals surface area (Å²) in [7, 11) is 0. The van der Waals surface area contributed by atoms with Gasteiger partial charge in [0.1, 0.15) is 16.5 Å². The van der Waals surface area contributed by atoms with Crippen LogP contribution in [0.3, 0.4) is 0 Å². The highest BCUT2D eigenvalue weighted by Gasteiger charge is 2.08. The van der Waals surface area contributed by atoms with Gasteiger partial charge in [-0.15, -0.1) is 10.2 Å². The SMILES string of the molecule is CCOc1ccc(-c2ccc(SCC(=O)Nc3cc(C)on3)nn2)cc1. The molecule has 0 aliphatic carbocycles. The summed E-state index contributed by atoms with van der Waals surface area (Å²) in [6.45, 7) is 4.34. The molecule has 0 saturated carbocycles. The topological polar surface area (TPSA) is 90.1 Å². The number of rotatable bonds is 7. The van der Waals surface area contributed by atoms with Crippen molar-refractivity contribution in [2.24, 2.45) is 0 Å². The number of aryl methyl sites for hydroxylation is 1. The molecule has 0 radical (unpaired) electrons. The second-order valence-corrected chi connectivity index (χ2v) is 6.37. The van der Waals surface area contributed by atoms with E-state index in [9.17, 15) is 4.79 Å². The summed E-state index contributed by atoms with van der Waals surface area (Å²) >= 11 is 1.30. The number of hydrogen-bond donors (Lipinski definition) is 1. The minimum absolute atomic E-state index is 0.180. The molecule has 7 nitrogen and oxygen atoms in total. The molecule has 0 bridgehead atoms. The lowest BCUT2D eigenvalue weighted by Gasteiger charge is -2.05. The normalized spacial score (nSPS) is 10.5. The smallest absolute Gasteiger partial charge is 0.236 e. The minimum Gasteiger partial charge on any atom is -0.494 e. The Morgan fingerprint density at radius 3 is 2.62 bits per heavy atom. The van der Waals surface area contributed by atoms with Gasteiger partial charge in [-0.3, -0.25) is 4.79 Å². The van der Waals surface area contributed by atoms with Crippen molar-refractivity contribution in [3.05, 3.63) is 48.2 Å². The fourth-order valence-electron chi connectivity index (χ4n) is 2.18. The third-order valence-electron chi connectivity index (χ3n) is 3.35.